The zero-order chi connectivity index (χ0) is 45.9. The maximum atomic E-state index is 12.8. The number of hydrogen-bond acceptors (Lipinski definition) is 10. The largest absolute Gasteiger partial charge is 0.756 e. The number of furan rings is 1. The van der Waals surface area contributed by atoms with Crippen LogP contribution in [0.2, 0.25) is 0 Å². The number of rotatable bonds is 37. The Bertz CT molecular complexity index is 1580. The van der Waals surface area contributed by atoms with Gasteiger partial charge in [0.2, 0.25) is 0 Å². The summed E-state index contributed by atoms with van der Waals surface area (Å²) in [5, 5.41) is 10.3. The predicted molar refractivity (Wildman–Crippen MR) is 250 cm³/mol. The summed E-state index contributed by atoms with van der Waals surface area (Å²) in [5.74, 6) is 1.12. The number of carbonyl (C=O) groups excluding carboxylic acids is 2. The van der Waals surface area contributed by atoms with E-state index in [9.17, 15) is 24.2 Å². The van der Waals surface area contributed by atoms with Crippen molar-refractivity contribution in [1.82, 2.24) is 0 Å². The van der Waals surface area contributed by atoms with E-state index in [0.29, 0.717) is 17.4 Å². The third-order valence-electron chi connectivity index (χ3n) is 10.0. The number of ether oxygens (including phenoxy) is 2. The number of likely N-dealkylation sites (N-methyl/N-ethyl adjacent to an activating group) is 1. The Hall–Kier alpha value is -3.31. The Kier molecular flexibility index (Phi) is 32.1. The third-order valence-corrected chi connectivity index (χ3v) is 11.0. The van der Waals surface area contributed by atoms with E-state index in [4.69, 9.17) is 22.9 Å². The van der Waals surface area contributed by atoms with Gasteiger partial charge in [-0.3, -0.25) is 14.2 Å². The Morgan fingerprint density at radius 3 is 1.84 bits per heavy atom. The molecular weight excluding hydrogens is 806 g/mol. The molecule has 1 N–H and O–H groups in total. The summed E-state index contributed by atoms with van der Waals surface area (Å²) in [6, 6.07) is 0. The Balaban J connectivity index is 2.43. The maximum absolute atomic E-state index is 12.8. The van der Waals surface area contributed by atoms with Crippen LogP contribution < -0.4 is 4.89 Å². The molecule has 1 aromatic heterocycles. The molecule has 0 saturated carbocycles. The Labute approximate surface area is 375 Å². The van der Waals surface area contributed by atoms with E-state index in [2.05, 4.69) is 76.3 Å². The van der Waals surface area contributed by atoms with Gasteiger partial charge in [0.1, 0.15) is 31.3 Å². The molecule has 0 aromatic carbocycles. The van der Waals surface area contributed by atoms with Crippen LogP contribution in [0, 0.1) is 13.8 Å². The zero-order valence-corrected chi connectivity index (χ0v) is 40.3. The number of allylic oxidation sites excluding steroid dienone is 11. The number of quaternary nitrogens is 1. The summed E-state index contributed by atoms with van der Waals surface area (Å²) in [5.41, 5.74) is 2.60. The van der Waals surface area contributed by atoms with Gasteiger partial charge in [0, 0.05) is 25.7 Å². The predicted octanol–water partition coefficient (Wildman–Crippen LogP) is 11.0. The number of esters is 2. The summed E-state index contributed by atoms with van der Waals surface area (Å²) < 4.78 is 39.9. The molecule has 1 aromatic rings. The average Bonchev–Trinajstić information content (AvgIpc) is 3.48. The Morgan fingerprint density at radius 2 is 1.26 bits per heavy atom. The van der Waals surface area contributed by atoms with Crippen molar-refractivity contribution in [2.75, 3.05) is 47.5 Å². The van der Waals surface area contributed by atoms with Crippen molar-refractivity contribution in [2.24, 2.45) is 0 Å². The normalized spacial score (nSPS) is 14.7. The van der Waals surface area contributed by atoms with Crippen LogP contribution in [0.25, 0.3) is 0 Å². The smallest absolute Gasteiger partial charge is 0.306 e. The lowest BCUT2D eigenvalue weighted by Crippen LogP contribution is -2.37. The molecule has 12 heteroatoms. The van der Waals surface area contributed by atoms with E-state index in [1.165, 1.54) is 11.1 Å². The van der Waals surface area contributed by atoms with Crippen LogP contribution in [-0.2, 0) is 45.5 Å². The number of aryl methyl sites for hydroxylation is 2. The first-order valence-corrected chi connectivity index (χ1v) is 24.6. The number of aliphatic hydroxyl groups excluding tert-OH is 1. The highest BCUT2D eigenvalue weighted by Crippen LogP contribution is 2.38. The number of phosphoric ester groups is 1. The van der Waals surface area contributed by atoms with Gasteiger partial charge in [0.25, 0.3) is 7.82 Å². The molecule has 0 bridgehead atoms. The van der Waals surface area contributed by atoms with Crippen LogP contribution >= 0.6 is 7.82 Å². The summed E-state index contributed by atoms with van der Waals surface area (Å²) in [6.07, 6.45) is 38.3. The minimum Gasteiger partial charge on any atom is -0.756 e. The first-order valence-electron chi connectivity index (χ1n) is 23.1. The van der Waals surface area contributed by atoms with Crippen molar-refractivity contribution < 1.29 is 51.6 Å². The molecule has 3 atom stereocenters. The highest BCUT2D eigenvalue weighted by atomic mass is 31.2. The second-order valence-corrected chi connectivity index (χ2v) is 18.2. The molecule has 0 saturated heterocycles. The van der Waals surface area contributed by atoms with Crippen molar-refractivity contribution >= 4 is 19.8 Å². The minimum atomic E-state index is -4.70. The highest BCUT2D eigenvalue weighted by Gasteiger charge is 2.22. The SMILES string of the molecule is CC/C=C\C/C=C\C/C=C\C/C=C\C/C=C\C=C/C(O)CCC(=O)OC[C@H](COP(=O)([O-])OCC[N+](C)(C)C)OC(=O)CCCCCCCCCCc1oc(CCC)c(C)c1C. The van der Waals surface area contributed by atoms with Crippen molar-refractivity contribution in [3.63, 3.8) is 0 Å². The van der Waals surface area contributed by atoms with Crippen LogP contribution in [0.5, 0.6) is 0 Å². The molecule has 62 heavy (non-hydrogen) atoms. The molecule has 1 heterocycles. The first-order chi connectivity index (χ1) is 29.7. The maximum Gasteiger partial charge on any atom is 0.306 e. The van der Waals surface area contributed by atoms with Crippen LogP contribution in [0.15, 0.2) is 77.3 Å². The number of aliphatic hydroxyl groups is 1. The molecule has 0 aliphatic carbocycles. The van der Waals surface area contributed by atoms with Crippen LogP contribution in [0.1, 0.15) is 146 Å². The van der Waals surface area contributed by atoms with Gasteiger partial charge in [-0.1, -0.05) is 125 Å². The minimum absolute atomic E-state index is 0.0776. The molecule has 352 valence electrons. The molecule has 1 rings (SSSR count). The number of unbranched alkanes of at least 4 members (excludes halogenated alkanes) is 7. The second-order valence-electron chi connectivity index (χ2n) is 16.8. The standard InChI is InChI=1S/C50H82NO10P/c1-8-10-11-12-13-14-15-16-17-18-19-20-21-24-27-30-34-45(52)37-38-49(53)57-41-46(42-59-62(55,56)58-40-39-51(5,6)7)60-50(54)36-32-29-26-23-22-25-28-31-35-48-44(4)43(3)47(61-48)33-9-2/h10-11,13-14,16-17,19-20,24,27,30,34,45-46,52H,8-9,12,15,18,21-23,25-26,28-29,31-33,35-42H2,1-7H3/b11-10-,14-13-,17-16-,20-19-,27-24-,34-30-/t45?,46-/m1/s1. The van der Waals surface area contributed by atoms with Gasteiger partial charge in [-0.15, -0.1) is 0 Å². The first kappa shape index (κ1) is 56.7. The molecule has 0 aliphatic heterocycles. The van der Waals surface area contributed by atoms with E-state index in [1.54, 1.807) is 12.2 Å². The van der Waals surface area contributed by atoms with E-state index < -0.39 is 45.2 Å². The van der Waals surface area contributed by atoms with Gasteiger partial charge < -0.3 is 37.4 Å². The molecule has 11 nitrogen and oxygen atoms in total. The molecule has 0 fully saturated rings. The highest BCUT2D eigenvalue weighted by molar-refractivity contribution is 7.45. The summed E-state index contributed by atoms with van der Waals surface area (Å²) >= 11 is 0. The monoisotopic (exact) mass is 888 g/mol. The van der Waals surface area contributed by atoms with Gasteiger partial charge in [-0.2, -0.15) is 0 Å². The van der Waals surface area contributed by atoms with Gasteiger partial charge >= 0.3 is 11.9 Å². The van der Waals surface area contributed by atoms with E-state index in [1.807, 2.05) is 33.3 Å². The summed E-state index contributed by atoms with van der Waals surface area (Å²) in [4.78, 5) is 37.7. The topological polar surface area (TPSA) is 145 Å². The van der Waals surface area contributed by atoms with E-state index >= 15 is 0 Å². The molecule has 0 aliphatic rings. The average molecular weight is 888 g/mol. The third kappa shape index (κ3) is 31.5. The van der Waals surface area contributed by atoms with Crippen molar-refractivity contribution in [3.05, 3.63) is 95.6 Å². The quantitative estimate of drug-likeness (QED) is 0.0171. The summed E-state index contributed by atoms with van der Waals surface area (Å²) in [6.45, 7) is 8.02. The van der Waals surface area contributed by atoms with Gasteiger partial charge in [0.05, 0.1) is 33.9 Å². The van der Waals surface area contributed by atoms with Gasteiger partial charge in [-0.25, -0.2) is 0 Å². The second kappa shape index (κ2) is 35.1. The van der Waals surface area contributed by atoms with Gasteiger partial charge in [-0.05, 0) is 82.8 Å². The lowest BCUT2D eigenvalue weighted by Gasteiger charge is -2.28. The van der Waals surface area contributed by atoms with Gasteiger partial charge in [0.15, 0.2) is 6.10 Å². The number of nitrogens with zero attached hydrogens (tertiary/aromatic N) is 1. The summed E-state index contributed by atoms with van der Waals surface area (Å²) in [7, 11) is 1.01. The fourth-order valence-corrected chi connectivity index (χ4v) is 6.89. The van der Waals surface area contributed by atoms with Crippen molar-refractivity contribution in [3.8, 4) is 0 Å². The zero-order valence-electron chi connectivity index (χ0n) is 39.4. The molecule has 0 radical (unpaired) electrons. The Morgan fingerprint density at radius 1 is 0.710 bits per heavy atom. The molecular formula is C50H82NO10P. The van der Waals surface area contributed by atoms with Crippen LogP contribution in [0.4, 0.5) is 0 Å². The van der Waals surface area contributed by atoms with Crippen molar-refractivity contribution in [2.45, 2.75) is 162 Å². The number of phosphoric acid groups is 1. The fourth-order valence-electron chi connectivity index (χ4n) is 6.16. The lowest BCUT2D eigenvalue weighted by molar-refractivity contribution is -0.870. The number of hydrogen-bond donors (Lipinski definition) is 1. The van der Waals surface area contributed by atoms with Crippen LogP contribution in [-0.4, -0.2) is 81.2 Å². The van der Waals surface area contributed by atoms with E-state index in [-0.39, 0.29) is 25.9 Å². The molecule has 0 spiro atoms. The molecule has 0 amide bonds. The molecule has 2 unspecified atom stereocenters. The lowest BCUT2D eigenvalue weighted by atomic mass is 10.0. The number of carbonyl (C=O) groups is 2. The van der Waals surface area contributed by atoms with E-state index in [0.717, 1.165) is 108 Å². The fraction of sp³-hybridized carbons (Fsp3) is 0.640. The van der Waals surface area contributed by atoms with Crippen molar-refractivity contribution in [1.29, 1.82) is 0 Å². The van der Waals surface area contributed by atoms with Crippen LogP contribution in [0.3, 0.4) is 0 Å².